The van der Waals surface area contributed by atoms with E-state index in [-0.39, 0.29) is 24.2 Å². The second-order valence-electron chi connectivity index (χ2n) is 8.63. The third-order valence-corrected chi connectivity index (χ3v) is 7.63. The van der Waals surface area contributed by atoms with Crippen LogP contribution in [-0.4, -0.2) is 34.6 Å². The number of hydrogen-bond acceptors (Lipinski definition) is 4. The van der Waals surface area contributed by atoms with Gasteiger partial charge >= 0.3 is 0 Å². The smallest absolute Gasteiger partial charge is 0.261 e. The van der Waals surface area contributed by atoms with Crippen LogP contribution in [0, 0.1) is 17.3 Å². The Morgan fingerprint density at radius 3 is 2.41 bits per heavy atom. The van der Waals surface area contributed by atoms with Crippen molar-refractivity contribution in [3.05, 3.63) is 83.4 Å². The van der Waals surface area contributed by atoms with Gasteiger partial charge in [0.15, 0.2) is 0 Å². The number of thiophene rings is 1. The van der Waals surface area contributed by atoms with Gasteiger partial charge in [0, 0.05) is 38.3 Å². The Kier molecular flexibility index (Phi) is 5.22. The van der Waals surface area contributed by atoms with E-state index >= 15 is 0 Å². The fourth-order valence-electron chi connectivity index (χ4n) is 4.59. The number of nitrogens with one attached hydrogen (secondary N) is 1. The highest BCUT2D eigenvalue weighted by molar-refractivity contribution is 7.25. The lowest BCUT2D eigenvalue weighted by Crippen LogP contribution is -2.62. The first-order chi connectivity index (χ1) is 16.3. The highest BCUT2D eigenvalue weighted by Gasteiger charge is 2.48. The van der Waals surface area contributed by atoms with Crippen molar-refractivity contribution in [2.45, 2.75) is 25.8 Å². The second kappa shape index (κ2) is 8.12. The summed E-state index contributed by atoms with van der Waals surface area (Å²) in [6.45, 7) is 3.69. The summed E-state index contributed by atoms with van der Waals surface area (Å²) in [7, 11) is 1.54. The van der Waals surface area contributed by atoms with E-state index in [9.17, 15) is 9.59 Å². The number of carbonyl (C=O) groups is 2. The first kappa shape index (κ1) is 21.9. The molecule has 6 heteroatoms. The third kappa shape index (κ3) is 3.37. The fraction of sp³-hybridized carbons (Fsp3) is 0.179. The van der Waals surface area contributed by atoms with Gasteiger partial charge in [-0.1, -0.05) is 30.2 Å². The molecule has 1 aliphatic heterocycles. The number of benzene rings is 3. The summed E-state index contributed by atoms with van der Waals surface area (Å²) in [5.41, 5.74) is 1.24. The van der Waals surface area contributed by atoms with Crippen molar-refractivity contribution in [3.8, 4) is 11.8 Å². The van der Waals surface area contributed by atoms with Crippen LogP contribution in [0.25, 0.3) is 20.2 Å². The van der Waals surface area contributed by atoms with E-state index in [4.69, 9.17) is 5.41 Å². The van der Waals surface area contributed by atoms with Crippen LogP contribution in [0.4, 0.5) is 0 Å². The highest BCUT2D eigenvalue weighted by atomic mass is 32.1. The molecule has 0 unspecified atom stereocenters. The van der Waals surface area contributed by atoms with E-state index in [1.807, 2.05) is 38.1 Å². The van der Waals surface area contributed by atoms with Gasteiger partial charge in [-0.15, -0.1) is 17.3 Å². The monoisotopic (exact) mass is 465 g/mol. The van der Waals surface area contributed by atoms with Crippen molar-refractivity contribution in [2.24, 2.45) is 0 Å². The number of fused-ring (bicyclic) bond motifs is 3. The standard InChI is InChI=1S/C28H23N3O2S/c1-4-8-18-11-13-23-21(15-18)22-16-20(12-14-24(22)34-23)28(2)17-25(32)30(3)27(29)31(28)26(33)19-9-6-5-7-10-19/h5-7,9-16,29H,17H2,1-3H3/t28-/m0/s1. The summed E-state index contributed by atoms with van der Waals surface area (Å²) >= 11 is 1.70. The maximum atomic E-state index is 13.6. The van der Waals surface area contributed by atoms with Crippen LogP contribution >= 0.6 is 11.3 Å². The Labute approximate surface area is 202 Å². The molecule has 3 aromatic carbocycles. The van der Waals surface area contributed by atoms with Gasteiger partial charge in [-0.3, -0.25) is 24.8 Å². The molecular weight excluding hydrogens is 442 g/mol. The molecule has 1 N–H and O–H groups in total. The molecule has 1 aromatic heterocycles. The molecule has 2 heterocycles. The zero-order chi connectivity index (χ0) is 24.0. The predicted octanol–water partition coefficient (Wildman–Crippen LogP) is 5.58. The van der Waals surface area contributed by atoms with Crippen LogP contribution in [0.5, 0.6) is 0 Å². The molecule has 1 aliphatic rings. The zero-order valence-electron chi connectivity index (χ0n) is 19.2. The number of carbonyl (C=O) groups excluding carboxylic acids is 2. The van der Waals surface area contributed by atoms with Gasteiger partial charge in [0.2, 0.25) is 11.9 Å². The normalized spacial score (nSPS) is 18.3. The van der Waals surface area contributed by atoms with Crippen molar-refractivity contribution in [1.82, 2.24) is 9.80 Å². The predicted molar refractivity (Wildman–Crippen MR) is 137 cm³/mol. The lowest BCUT2D eigenvalue weighted by molar-refractivity contribution is -0.131. The number of rotatable bonds is 2. The Bertz CT molecular complexity index is 1540. The maximum absolute atomic E-state index is 13.6. The van der Waals surface area contributed by atoms with Crippen LogP contribution < -0.4 is 0 Å². The maximum Gasteiger partial charge on any atom is 0.261 e. The van der Waals surface area contributed by atoms with Gasteiger partial charge in [0.05, 0.1) is 12.0 Å². The summed E-state index contributed by atoms with van der Waals surface area (Å²) in [6, 6.07) is 21.2. The first-order valence-corrected chi connectivity index (χ1v) is 11.8. The van der Waals surface area contributed by atoms with E-state index in [1.54, 1.807) is 42.6 Å². The van der Waals surface area contributed by atoms with Gasteiger partial charge in [-0.05, 0) is 61.9 Å². The lowest BCUT2D eigenvalue weighted by atomic mass is 9.83. The van der Waals surface area contributed by atoms with E-state index in [0.717, 1.165) is 31.3 Å². The summed E-state index contributed by atoms with van der Waals surface area (Å²) < 4.78 is 2.28. The largest absolute Gasteiger partial charge is 0.286 e. The first-order valence-electron chi connectivity index (χ1n) is 11.0. The van der Waals surface area contributed by atoms with Gasteiger partial charge in [0.1, 0.15) is 0 Å². The molecule has 34 heavy (non-hydrogen) atoms. The summed E-state index contributed by atoms with van der Waals surface area (Å²) in [5, 5.41) is 10.9. The molecule has 1 atom stereocenters. The van der Waals surface area contributed by atoms with Gasteiger partial charge in [0.25, 0.3) is 5.91 Å². The second-order valence-corrected chi connectivity index (χ2v) is 9.72. The molecule has 4 aromatic rings. The molecule has 5 nitrogen and oxygen atoms in total. The summed E-state index contributed by atoms with van der Waals surface area (Å²) in [4.78, 5) is 29.2. The van der Waals surface area contributed by atoms with Crippen LogP contribution in [0.3, 0.4) is 0 Å². The number of amides is 2. The van der Waals surface area contributed by atoms with Crippen LogP contribution in [0.2, 0.25) is 0 Å². The van der Waals surface area contributed by atoms with E-state index < -0.39 is 5.54 Å². The average molecular weight is 466 g/mol. The van der Waals surface area contributed by atoms with E-state index in [2.05, 4.69) is 30.0 Å². The summed E-state index contributed by atoms with van der Waals surface area (Å²) in [5.74, 6) is 5.45. The summed E-state index contributed by atoms with van der Waals surface area (Å²) in [6.07, 6.45) is 0.0879. The molecule has 0 saturated carbocycles. The Morgan fingerprint density at radius 2 is 1.71 bits per heavy atom. The quantitative estimate of drug-likeness (QED) is 0.393. The van der Waals surface area contributed by atoms with Crippen LogP contribution in [0.1, 0.15) is 41.8 Å². The van der Waals surface area contributed by atoms with Crippen LogP contribution in [-0.2, 0) is 10.3 Å². The molecule has 0 radical (unpaired) electrons. The van der Waals surface area contributed by atoms with Crippen molar-refractivity contribution in [1.29, 1.82) is 5.41 Å². The third-order valence-electron chi connectivity index (χ3n) is 6.48. The molecular formula is C28H23N3O2S. The van der Waals surface area contributed by atoms with Crippen molar-refractivity contribution >= 4 is 49.3 Å². The number of guanidine groups is 1. The average Bonchev–Trinajstić information content (AvgIpc) is 3.20. The molecule has 1 fully saturated rings. The van der Waals surface area contributed by atoms with E-state index in [0.29, 0.717) is 5.56 Å². The zero-order valence-corrected chi connectivity index (χ0v) is 20.0. The molecule has 0 aliphatic carbocycles. The minimum absolute atomic E-state index is 0.0879. The SMILES string of the molecule is CC#Cc1ccc2sc3ccc([C@]4(C)CC(=O)N(C)C(=N)N4C(=O)c4ccccc4)cc3c2c1. The highest BCUT2D eigenvalue weighted by Crippen LogP contribution is 2.41. The van der Waals surface area contributed by atoms with Crippen LogP contribution in [0.15, 0.2) is 66.7 Å². The fourth-order valence-corrected chi connectivity index (χ4v) is 5.66. The molecule has 0 bridgehead atoms. The van der Waals surface area contributed by atoms with Gasteiger partial charge < -0.3 is 0 Å². The molecule has 168 valence electrons. The number of hydrogen-bond donors (Lipinski definition) is 1. The molecule has 0 spiro atoms. The molecule has 2 amide bonds. The van der Waals surface area contributed by atoms with Gasteiger partial charge in [-0.2, -0.15) is 0 Å². The van der Waals surface area contributed by atoms with Crippen molar-refractivity contribution in [2.75, 3.05) is 7.05 Å². The van der Waals surface area contributed by atoms with Gasteiger partial charge in [-0.25, -0.2) is 0 Å². The lowest BCUT2D eigenvalue weighted by Gasteiger charge is -2.47. The van der Waals surface area contributed by atoms with E-state index in [1.165, 1.54) is 9.80 Å². The Hall–Kier alpha value is -3.95. The number of nitrogens with zero attached hydrogens (tertiary/aromatic N) is 2. The Morgan fingerprint density at radius 1 is 1.03 bits per heavy atom. The minimum Gasteiger partial charge on any atom is -0.286 e. The minimum atomic E-state index is -1.00. The molecule has 1 saturated heterocycles. The Balaban J connectivity index is 1.70. The molecule has 5 rings (SSSR count). The van der Waals surface area contributed by atoms with Crippen molar-refractivity contribution < 1.29 is 9.59 Å². The van der Waals surface area contributed by atoms with Crippen molar-refractivity contribution in [3.63, 3.8) is 0 Å². The topological polar surface area (TPSA) is 64.5 Å².